The second-order valence-electron chi connectivity index (χ2n) is 9.76. The number of benzene rings is 2. The Morgan fingerprint density at radius 1 is 1.07 bits per heavy atom. The molecule has 2 N–H and O–H groups in total. The molecule has 1 saturated heterocycles. The number of aromatic nitrogens is 5. The largest absolute Gasteiger partial charge is 0.435 e. The van der Waals surface area contributed by atoms with E-state index in [4.69, 9.17) is 4.74 Å². The summed E-state index contributed by atoms with van der Waals surface area (Å²) in [4.78, 5) is 30.4. The third kappa shape index (κ3) is 5.06. The number of amides is 1. The Labute approximate surface area is 230 Å². The highest BCUT2D eigenvalue weighted by Gasteiger charge is 2.33. The van der Waals surface area contributed by atoms with Crippen LogP contribution in [0.2, 0.25) is 0 Å². The van der Waals surface area contributed by atoms with Gasteiger partial charge in [-0.15, -0.1) is 0 Å². The van der Waals surface area contributed by atoms with Gasteiger partial charge in [-0.05, 0) is 56.7 Å². The van der Waals surface area contributed by atoms with Crippen LogP contribution in [0.3, 0.4) is 0 Å². The number of rotatable bonds is 6. The van der Waals surface area contributed by atoms with Gasteiger partial charge in [0.05, 0.1) is 17.6 Å². The Hall–Kier alpha value is -4.94. The molecule has 0 bridgehead atoms. The lowest BCUT2D eigenvalue weighted by Crippen LogP contribution is -2.42. The molecular formula is C28H23F4N7O2. The van der Waals surface area contributed by atoms with E-state index in [2.05, 4.69) is 25.3 Å². The summed E-state index contributed by atoms with van der Waals surface area (Å²) < 4.78 is 64.1. The summed E-state index contributed by atoms with van der Waals surface area (Å²) in [6.07, 6.45) is 0.228. The number of nitrogens with one attached hydrogen (secondary N) is 2. The van der Waals surface area contributed by atoms with Gasteiger partial charge in [0.25, 0.3) is 5.91 Å². The number of ether oxygens (including phenoxy) is 1. The lowest BCUT2D eigenvalue weighted by atomic mass is 10.1. The standard InChI is InChI=1S/C28H23F4N7O2/c1-15-8-20-21(36-15)4-5-22(24(20)29)41-26-23(27(40)38-6-3-7-38)25(33-13-34-26)37-18-9-17(28(30,31)32)10-19(11-18)39-12-16(2)35-14-39/h4-5,8-14,36H,3,6-7H2,1-2H3,(H,33,34,37). The van der Waals surface area contributed by atoms with E-state index < -0.39 is 23.5 Å². The molecule has 210 valence electrons. The SMILES string of the molecule is Cc1cn(-c2cc(Nc3ncnc(Oc4ccc5[nH]c(C)cc5c4F)c3C(=O)N3CCC3)cc(C(F)(F)F)c2)cn1. The molecule has 0 saturated carbocycles. The minimum atomic E-state index is -4.65. The lowest BCUT2D eigenvalue weighted by Gasteiger charge is -2.31. The molecule has 0 radical (unpaired) electrons. The number of H-pyrrole nitrogens is 1. The van der Waals surface area contributed by atoms with Crippen LogP contribution >= 0.6 is 0 Å². The fourth-order valence-electron chi connectivity index (χ4n) is 4.58. The summed E-state index contributed by atoms with van der Waals surface area (Å²) in [5, 5.41) is 3.15. The number of carbonyl (C=O) groups excluding carboxylic acids is 1. The second-order valence-corrected chi connectivity index (χ2v) is 9.76. The van der Waals surface area contributed by atoms with Crippen molar-refractivity contribution in [2.75, 3.05) is 18.4 Å². The van der Waals surface area contributed by atoms with E-state index in [0.29, 0.717) is 29.7 Å². The van der Waals surface area contributed by atoms with E-state index in [9.17, 15) is 18.0 Å². The van der Waals surface area contributed by atoms with Crippen LogP contribution in [0.15, 0.2) is 55.2 Å². The maximum atomic E-state index is 15.3. The minimum absolute atomic E-state index is 0.0129. The van der Waals surface area contributed by atoms with Gasteiger partial charge in [0.2, 0.25) is 5.88 Å². The Bertz CT molecular complexity index is 1790. The van der Waals surface area contributed by atoms with Crippen molar-refractivity contribution < 1.29 is 27.1 Å². The average Bonchev–Trinajstić information content (AvgIpc) is 3.49. The number of carbonyl (C=O) groups is 1. The Balaban J connectivity index is 1.43. The Kier molecular flexibility index (Phi) is 6.36. The van der Waals surface area contributed by atoms with Gasteiger partial charge in [0.1, 0.15) is 11.9 Å². The van der Waals surface area contributed by atoms with Gasteiger partial charge in [-0.3, -0.25) is 4.79 Å². The zero-order chi connectivity index (χ0) is 28.9. The fourth-order valence-corrected chi connectivity index (χ4v) is 4.58. The molecule has 3 aromatic heterocycles. The van der Waals surface area contributed by atoms with Crippen molar-refractivity contribution >= 4 is 28.3 Å². The van der Waals surface area contributed by atoms with Crippen LogP contribution in [0.25, 0.3) is 16.6 Å². The number of nitrogens with zero attached hydrogens (tertiary/aromatic N) is 5. The first kappa shape index (κ1) is 26.3. The first-order valence-corrected chi connectivity index (χ1v) is 12.7. The van der Waals surface area contributed by atoms with E-state index in [1.54, 1.807) is 32.2 Å². The molecule has 1 amide bonds. The molecule has 6 rings (SSSR count). The number of imidazole rings is 1. The molecule has 2 aromatic carbocycles. The normalized spacial score (nSPS) is 13.4. The van der Waals surface area contributed by atoms with E-state index in [1.165, 1.54) is 27.9 Å². The number of hydrogen-bond acceptors (Lipinski definition) is 6. The molecule has 0 spiro atoms. The van der Waals surface area contributed by atoms with Gasteiger partial charge in [-0.2, -0.15) is 13.2 Å². The summed E-state index contributed by atoms with van der Waals surface area (Å²) in [5.41, 5.74) is 1.11. The molecule has 1 aliphatic heterocycles. The van der Waals surface area contributed by atoms with Crippen LogP contribution in [0.5, 0.6) is 11.6 Å². The van der Waals surface area contributed by atoms with Crippen molar-refractivity contribution in [1.82, 2.24) is 29.4 Å². The number of likely N-dealkylation sites (tertiary alicyclic amines) is 1. The molecule has 1 fully saturated rings. The van der Waals surface area contributed by atoms with Crippen molar-refractivity contribution in [2.24, 2.45) is 0 Å². The van der Waals surface area contributed by atoms with Crippen LogP contribution < -0.4 is 10.1 Å². The van der Waals surface area contributed by atoms with Crippen molar-refractivity contribution in [3.05, 3.63) is 83.6 Å². The highest BCUT2D eigenvalue weighted by molar-refractivity contribution is 6.02. The zero-order valence-corrected chi connectivity index (χ0v) is 21.9. The molecule has 41 heavy (non-hydrogen) atoms. The number of hydrogen-bond donors (Lipinski definition) is 2. The highest BCUT2D eigenvalue weighted by atomic mass is 19.4. The maximum absolute atomic E-state index is 15.3. The van der Waals surface area contributed by atoms with Gasteiger partial charge in [-0.25, -0.2) is 19.3 Å². The number of anilines is 2. The van der Waals surface area contributed by atoms with Crippen LogP contribution in [0.1, 0.15) is 33.7 Å². The third-order valence-electron chi connectivity index (χ3n) is 6.73. The smallest absolute Gasteiger partial charge is 0.416 e. The number of fused-ring (bicyclic) bond motifs is 1. The van der Waals surface area contributed by atoms with Gasteiger partial charge >= 0.3 is 6.18 Å². The molecule has 13 heteroatoms. The quantitative estimate of drug-likeness (QED) is 0.235. The van der Waals surface area contributed by atoms with Crippen LogP contribution in [-0.2, 0) is 6.18 Å². The summed E-state index contributed by atoms with van der Waals surface area (Å²) in [7, 11) is 0. The first-order valence-electron chi connectivity index (χ1n) is 12.7. The van der Waals surface area contributed by atoms with E-state index in [1.807, 2.05) is 0 Å². The second kappa shape index (κ2) is 9.91. The summed E-state index contributed by atoms with van der Waals surface area (Å²) >= 11 is 0. The third-order valence-corrected chi connectivity index (χ3v) is 6.73. The molecule has 9 nitrogen and oxygen atoms in total. The monoisotopic (exact) mass is 565 g/mol. The van der Waals surface area contributed by atoms with Crippen LogP contribution in [0, 0.1) is 19.7 Å². The van der Waals surface area contributed by atoms with E-state index in [-0.39, 0.29) is 34.4 Å². The Morgan fingerprint density at radius 3 is 2.56 bits per heavy atom. The van der Waals surface area contributed by atoms with Crippen molar-refractivity contribution in [3.8, 4) is 17.3 Å². The van der Waals surface area contributed by atoms with Crippen molar-refractivity contribution in [3.63, 3.8) is 0 Å². The van der Waals surface area contributed by atoms with Gasteiger partial charge in [-0.1, -0.05) is 0 Å². The molecule has 1 aliphatic rings. The van der Waals surface area contributed by atoms with Gasteiger partial charge < -0.3 is 24.5 Å². The first-order chi connectivity index (χ1) is 19.6. The van der Waals surface area contributed by atoms with E-state index in [0.717, 1.165) is 30.6 Å². The highest BCUT2D eigenvalue weighted by Crippen LogP contribution is 2.37. The summed E-state index contributed by atoms with van der Waals surface area (Å²) in [6, 6.07) is 8.06. The predicted molar refractivity (Wildman–Crippen MR) is 142 cm³/mol. The fraction of sp³-hybridized carbons (Fsp3) is 0.214. The average molecular weight is 566 g/mol. The van der Waals surface area contributed by atoms with Crippen molar-refractivity contribution in [1.29, 1.82) is 0 Å². The number of aryl methyl sites for hydroxylation is 2. The van der Waals surface area contributed by atoms with Gasteiger partial charge in [0, 0.05) is 47.3 Å². The molecule has 4 heterocycles. The topological polar surface area (TPSA) is 101 Å². The number of alkyl halides is 3. The maximum Gasteiger partial charge on any atom is 0.416 e. The van der Waals surface area contributed by atoms with Gasteiger partial charge in [0.15, 0.2) is 17.4 Å². The summed E-state index contributed by atoms with van der Waals surface area (Å²) in [6.45, 7) is 4.46. The zero-order valence-electron chi connectivity index (χ0n) is 21.9. The van der Waals surface area contributed by atoms with Crippen molar-refractivity contribution in [2.45, 2.75) is 26.4 Å². The predicted octanol–water partition coefficient (Wildman–Crippen LogP) is 6.30. The Morgan fingerprint density at radius 2 is 1.88 bits per heavy atom. The van der Waals surface area contributed by atoms with Crippen LogP contribution in [0.4, 0.5) is 29.1 Å². The lowest BCUT2D eigenvalue weighted by molar-refractivity contribution is -0.137. The molecule has 5 aromatic rings. The molecular weight excluding hydrogens is 542 g/mol. The number of halogens is 4. The molecule has 0 aliphatic carbocycles. The van der Waals surface area contributed by atoms with Crippen LogP contribution in [-0.4, -0.2) is 48.4 Å². The minimum Gasteiger partial charge on any atom is -0.435 e. The van der Waals surface area contributed by atoms with E-state index >= 15 is 4.39 Å². The molecule has 0 atom stereocenters. The molecule has 0 unspecified atom stereocenters. The number of aromatic amines is 1. The summed E-state index contributed by atoms with van der Waals surface area (Å²) in [5.74, 6) is -1.64.